The molecule has 9 rings (SSSR count). The summed E-state index contributed by atoms with van der Waals surface area (Å²) in [6, 6.07) is 54.4. The standard InChI is InChI=1S/C40H25NOS/c1-2-9-26(10-3-1)27-11-8-12-29(23-27)41(31-19-21-34-33-13-5-7-16-38(33)43-39(34)25-31)30-18-20-32-28(24-30)17-22-37-40(32)35-14-4-6-15-36(35)42-37/h1-25H. The number of rotatable bonds is 4. The van der Waals surface area contributed by atoms with Crippen LogP contribution in [0.15, 0.2) is 156 Å². The number of nitrogens with zero attached hydrogens (tertiary/aromatic N) is 1. The molecule has 0 aliphatic heterocycles. The Morgan fingerprint density at radius 3 is 2.02 bits per heavy atom. The molecule has 3 heteroatoms. The third-order valence-corrected chi connectivity index (χ3v) is 9.57. The van der Waals surface area contributed by atoms with Crippen LogP contribution in [0, 0.1) is 0 Å². The van der Waals surface area contributed by atoms with E-state index in [2.05, 4.69) is 144 Å². The van der Waals surface area contributed by atoms with E-state index in [9.17, 15) is 0 Å². The van der Waals surface area contributed by atoms with Gasteiger partial charge in [-0.05, 0) is 76.5 Å². The average molecular weight is 568 g/mol. The third kappa shape index (κ3) is 3.93. The highest BCUT2D eigenvalue weighted by Crippen LogP contribution is 2.43. The summed E-state index contributed by atoms with van der Waals surface area (Å²) in [6.45, 7) is 0. The number of hydrogen-bond donors (Lipinski definition) is 0. The first-order valence-electron chi connectivity index (χ1n) is 14.5. The molecule has 0 saturated carbocycles. The van der Waals surface area contributed by atoms with Gasteiger partial charge in [0.15, 0.2) is 0 Å². The maximum atomic E-state index is 6.19. The van der Waals surface area contributed by atoms with E-state index in [0.29, 0.717) is 0 Å². The van der Waals surface area contributed by atoms with Crippen LogP contribution in [-0.4, -0.2) is 0 Å². The normalized spacial score (nSPS) is 11.7. The summed E-state index contributed by atoms with van der Waals surface area (Å²) in [5, 5.41) is 7.32. The molecule has 0 amide bonds. The second-order valence-electron chi connectivity index (χ2n) is 11.0. The fraction of sp³-hybridized carbons (Fsp3) is 0. The van der Waals surface area contributed by atoms with Gasteiger partial charge in [-0.1, -0.05) is 97.1 Å². The monoisotopic (exact) mass is 567 g/mol. The number of para-hydroxylation sites is 1. The summed E-state index contributed by atoms with van der Waals surface area (Å²) < 4.78 is 8.79. The molecule has 9 aromatic rings. The van der Waals surface area contributed by atoms with Crippen LogP contribution in [0.25, 0.3) is 64.0 Å². The summed E-state index contributed by atoms with van der Waals surface area (Å²) in [7, 11) is 0. The molecule has 2 heterocycles. The van der Waals surface area contributed by atoms with Gasteiger partial charge in [0.1, 0.15) is 11.2 Å². The molecule has 0 N–H and O–H groups in total. The predicted molar refractivity (Wildman–Crippen MR) is 184 cm³/mol. The highest BCUT2D eigenvalue weighted by Gasteiger charge is 2.17. The van der Waals surface area contributed by atoms with Crippen molar-refractivity contribution in [2.75, 3.05) is 4.90 Å². The van der Waals surface area contributed by atoms with Crippen molar-refractivity contribution in [1.82, 2.24) is 0 Å². The molecule has 43 heavy (non-hydrogen) atoms. The molecule has 0 fully saturated rings. The van der Waals surface area contributed by atoms with Crippen LogP contribution in [0.1, 0.15) is 0 Å². The van der Waals surface area contributed by atoms with Gasteiger partial charge in [0, 0.05) is 48.0 Å². The molecule has 0 aliphatic carbocycles. The van der Waals surface area contributed by atoms with Gasteiger partial charge in [-0.25, -0.2) is 0 Å². The van der Waals surface area contributed by atoms with Gasteiger partial charge in [0.2, 0.25) is 0 Å². The largest absolute Gasteiger partial charge is 0.456 e. The zero-order chi connectivity index (χ0) is 28.3. The van der Waals surface area contributed by atoms with E-state index >= 15 is 0 Å². The number of thiophene rings is 1. The molecule has 2 aromatic heterocycles. The van der Waals surface area contributed by atoms with Crippen LogP contribution < -0.4 is 4.90 Å². The molecule has 0 aliphatic rings. The lowest BCUT2D eigenvalue weighted by Crippen LogP contribution is -2.10. The molecule has 0 bridgehead atoms. The lowest BCUT2D eigenvalue weighted by atomic mass is 10.0. The Morgan fingerprint density at radius 2 is 1.12 bits per heavy atom. The van der Waals surface area contributed by atoms with E-state index in [4.69, 9.17) is 4.42 Å². The second-order valence-corrected chi connectivity index (χ2v) is 12.1. The molecule has 0 spiro atoms. The van der Waals surface area contributed by atoms with Crippen molar-refractivity contribution in [3.63, 3.8) is 0 Å². The molecule has 7 aromatic carbocycles. The van der Waals surface area contributed by atoms with E-state index in [1.165, 1.54) is 47.5 Å². The molecule has 0 atom stereocenters. The first-order chi connectivity index (χ1) is 21.3. The van der Waals surface area contributed by atoms with E-state index in [-0.39, 0.29) is 0 Å². The van der Waals surface area contributed by atoms with Crippen molar-refractivity contribution >= 4 is 81.3 Å². The summed E-state index contributed by atoms with van der Waals surface area (Å²) in [5.74, 6) is 0. The van der Waals surface area contributed by atoms with E-state index in [1.807, 2.05) is 23.5 Å². The van der Waals surface area contributed by atoms with Crippen LogP contribution in [-0.2, 0) is 0 Å². The first kappa shape index (κ1) is 24.2. The maximum Gasteiger partial charge on any atom is 0.136 e. The minimum absolute atomic E-state index is 0.920. The lowest BCUT2D eigenvalue weighted by Gasteiger charge is -2.26. The summed E-state index contributed by atoms with van der Waals surface area (Å²) >= 11 is 1.85. The summed E-state index contributed by atoms with van der Waals surface area (Å²) in [6.07, 6.45) is 0. The minimum atomic E-state index is 0.920. The maximum absolute atomic E-state index is 6.19. The van der Waals surface area contributed by atoms with Crippen molar-refractivity contribution in [2.24, 2.45) is 0 Å². The van der Waals surface area contributed by atoms with Crippen LogP contribution >= 0.6 is 11.3 Å². The quantitative estimate of drug-likeness (QED) is 0.210. The second kappa shape index (κ2) is 9.59. The van der Waals surface area contributed by atoms with Crippen LogP contribution in [0.4, 0.5) is 17.1 Å². The Labute approximate surface area is 252 Å². The van der Waals surface area contributed by atoms with Gasteiger partial charge >= 0.3 is 0 Å². The molecule has 0 saturated heterocycles. The van der Waals surface area contributed by atoms with Crippen molar-refractivity contribution in [3.05, 3.63) is 152 Å². The topological polar surface area (TPSA) is 16.4 Å². The van der Waals surface area contributed by atoms with Crippen LogP contribution in [0.2, 0.25) is 0 Å². The van der Waals surface area contributed by atoms with E-state index < -0.39 is 0 Å². The fourth-order valence-electron chi connectivity index (χ4n) is 6.44. The average Bonchev–Trinajstić information content (AvgIpc) is 3.64. The Morgan fingerprint density at radius 1 is 0.419 bits per heavy atom. The zero-order valence-corrected chi connectivity index (χ0v) is 24.0. The zero-order valence-electron chi connectivity index (χ0n) is 23.2. The smallest absolute Gasteiger partial charge is 0.136 e. The molecule has 2 nitrogen and oxygen atoms in total. The number of benzene rings is 7. The summed E-state index contributed by atoms with van der Waals surface area (Å²) in [4.78, 5) is 2.38. The van der Waals surface area contributed by atoms with Gasteiger partial charge in [0.25, 0.3) is 0 Å². The Hall–Kier alpha value is -5.38. The SMILES string of the molecule is c1ccc(-c2cccc(N(c3ccc4c(ccc5oc6ccccc6c54)c3)c3ccc4c(c3)sc3ccccc34)c2)cc1. The van der Waals surface area contributed by atoms with Gasteiger partial charge in [-0.3, -0.25) is 0 Å². The predicted octanol–water partition coefficient (Wildman–Crippen LogP) is 12.2. The Kier molecular flexibility index (Phi) is 5.40. The number of furan rings is 1. The van der Waals surface area contributed by atoms with Gasteiger partial charge < -0.3 is 9.32 Å². The van der Waals surface area contributed by atoms with Crippen LogP contribution in [0.5, 0.6) is 0 Å². The number of hydrogen-bond acceptors (Lipinski definition) is 3. The molecule has 0 radical (unpaired) electrons. The minimum Gasteiger partial charge on any atom is -0.456 e. The fourth-order valence-corrected chi connectivity index (χ4v) is 7.57. The summed E-state index contributed by atoms with van der Waals surface area (Å²) in [5.41, 5.74) is 7.62. The number of anilines is 3. The highest BCUT2D eigenvalue weighted by atomic mass is 32.1. The highest BCUT2D eigenvalue weighted by molar-refractivity contribution is 7.25. The molecule has 202 valence electrons. The molecular formula is C40H25NOS. The van der Waals surface area contributed by atoms with Gasteiger partial charge in [-0.2, -0.15) is 0 Å². The van der Waals surface area contributed by atoms with Crippen LogP contribution in [0.3, 0.4) is 0 Å². The molecular weight excluding hydrogens is 543 g/mol. The van der Waals surface area contributed by atoms with Crippen molar-refractivity contribution in [3.8, 4) is 11.1 Å². The van der Waals surface area contributed by atoms with Crippen molar-refractivity contribution in [1.29, 1.82) is 0 Å². The van der Waals surface area contributed by atoms with Gasteiger partial charge in [-0.15, -0.1) is 11.3 Å². The third-order valence-electron chi connectivity index (χ3n) is 8.43. The lowest BCUT2D eigenvalue weighted by molar-refractivity contribution is 0.669. The Balaban J connectivity index is 1.26. The number of fused-ring (bicyclic) bond motifs is 8. The van der Waals surface area contributed by atoms with E-state index in [1.54, 1.807) is 0 Å². The Bertz CT molecular complexity index is 2470. The van der Waals surface area contributed by atoms with Crippen molar-refractivity contribution < 1.29 is 4.42 Å². The molecule has 0 unspecified atom stereocenters. The van der Waals surface area contributed by atoms with E-state index in [0.717, 1.165) is 33.6 Å². The first-order valence-corrected chi connectivity index (χ1v) is 15.3. The van der Waals surface area contributed by atoms with Gasteiger partial charge in [0.05, 0.1) is 0 Å². The van der Waals surface area contributed by atoms with Crippen molar-refractivity contribution in [2.45, 2.75) is 0 Å².